The van der Waals surface area contributed by atoms with Crippen molar-refractivity contribution in [3.63, 3.8) is 0 Å². The standard InChI is InChI=1S/C14H12BrN3O4/c1-14-9(10(16-17-14)12(20)22-2)11(19)18(13(14)21)8-5-3-7(15)4-6-8/h3-6,9,17H,1-2H3/t9?,14-/m0/s1. The number of amides is 2. The topological polar surface area (TPSA) is 88.1 Å². The number of fused-ring (bicyclic) bond motifs is 1. The van der Waals surface area contributed by atoms with Gasteiger partial charge in [-0.3, -0.25) is 15.0 Å². The van der Waals surface area contributed by atoms with Gasteiger partial charge >= 0.3 is 5.97 Å². The maximum atomic E-state index is 12.7. The van der Waals surface area contributed by atoms with Crippen molar-refractivity contribution in [3.05, 3.63) is 28.7 Å². The first-order valence-corrected chi connectivity index (χ1v) is 7.26. The van der Waals surface area contributed by atoms with Gasteiger partial charge in [-0.2, -0.15) is 5.10 Å². The molecule has 0 radical (unpaired) electrons. The van der Waals surface area contributed by atoms with E-state index in [-0.39, 0.29) is 5.71 Å². The van der Waals surface area contributed by atoms with Crippen LogP contribution in [0.1, 0.15) is 6.92 Å². The third kappa shape index (κ3) is 1.87. The van der Waals surface area contributed by atoms with Crippen LogP contribution in [0.3, 0.4) is 0 Å². The van der Waals surface area contributed by atoms with Gasteiger partial charge in [0, 0.05) is 4.47 Å². The van der Waals surface area contributed by atoms with Gasteiger partial charge in [0.1, 0.15) is 11.5 Å². The lowest BCUT2D eigenvalue weighted by Crippen LogP contribution is -2.48. The number of benzene rings is 1. The Kier molecular flexibility index (Phi) is 3.28. The molecule has 114 valence electrons. The number of carbonyl (C=O) groups excluding carboxylic acids is 3. The minimum atomic E-state index is -1.27. The normalized spacial score (nSPS) is 26.6. The van der Waals surface area contributed by atoms with E-state index in [1.54, 1.807) is 31.2 Å². The number of carbonyl (C=O) groups is 3. The fraction of sp³-hybridized carbons (Fsp3) is 0.286. The molecule has 0 saturated carbocycles. The van der Waals surface area contributed by atoms with E-state index >= 15 is 0 Å². The lowest BCUT2D eigenvalue weighted by atomic mass is 9.86. The van der Waals surface area contributed by atoms with Crippen LogP contribution < -0.4 is 10.3 Å². The summed E-state index contributed by atoms with van der Waals surface area (Å²) in [5.74, 6) is -2.66. The van der Waals surface area contributed by atoms with Gasteiger partial charge in [0.05, 0.1) is 12.8 Å². The molecule has 2 atom stereocenters. The number of nitrogens with zero attached hydrogens (tertiary/aromatic N) is 2. The first kappa shape index (κ1) is 14.7. The van der Waals surface area contributed by atoms with Gasteiger partial charge in [-0.15, -0.1) is 0 Å². The number of hydrogen-bond donors (Lipinski definition) is 1. The average molecular weight is 366 g/mol. The Hall–Kier alpha value is -2.22. The van der Waals surface area contributed by atoms with Gasteiger partial charge < -0.3 is 4.74 Å². The lowest BCUT2D eigenvalue weighted by molar-refractivity contribution is -0.133. The van der Waals surface area contributed by atoms with E-state index in [1.807, 2.05) is 0 Å². The van der Waals surface area contributed by atoms with Crippen LogP contribution in [0.5, 0.6) is 0 Å². The van der Waals surface area contributed by atoms with Crippen molar-refractivity contribution < 1.29 is 19.1 Å². The van der Waals surface area contributed by atoms with Crippen LogP contribution in [0, 0.1) is 5.92 Å². The van der Waals surface area contributed by atoms with Crippen molar-refractivity contribution in [1.82, 2.24) is 5.43 Å². The molecule has 0 aromatic heterocycles. The molecule has 0 spiro atoms. The summed E-state index contributed by atoms with van der Waals surface area (Å²) in [5.41, 5.74) is 1.71. The highest BCUT2D eigenvalue weighted by atomic mass is 79.9. The number of methoxy groups -OCH3 is 1. The number of halogens is 1. The van der Waals surface area contributed by atoms with E-state index in [0.29, 0.717) is 5.69 Å². The van der Waals surface area contributed by atoms with Crippen molar-refractivity contribution in [3.8, 4) is 0 Å². The van der Waals surface area contributed by atoms with Gasteiger partial charge in [0.15, 0.2) is 5.71 Å². The van der Waals surface area contributed by atoms with E-state index in [4.69, 9.17) is 0 Å². The van der Waals surface area contributed by atoms with Crippen LogP contribution in [0.15, 0.2) is 33.8 Å². The Bertz CT molecular complexity index is 715. The molecule has 8 heteroatoms. The fourth-order valence-corrected chi connectivity index (χ4v) is 2.94. The predicted octanol–water partition coefficient (Wildman–Crippen LogP) is 0.829. The van der Waals surface area contributed by atoms with Gasteiger partial charge in [-0.05, 0) is 31.2 Å². The number of nitrogens with one attached hydrogen (secondary N) is 1. The van der Waals surface area contributed by atoms with Gasteiger partial charge in [-0.25, -0.2) is 9.69 Å². The SMILES string of the molecule is COC(=O)C1=NN[C@]2(C)C(=O)N(c3ccc(Br)cc3)C(=O)C12. The van der Waals surface area contributed by atoms with Crippen LogP contribution in [-0.2, 0) is 19.1 Å². The van der Waals surface area contributed by atoms with E-state index in [1.165, 1.54) is 7.11 Å². The van der Waals surface area contributed by atoms with Crippen LogP contribution in [0.4, 0.5) is 5.69 Å². The number of rotatable bonds is 2. The van der Waals surface area contributed by atoms with Crippen LogP contribution >= 0.6 is 15.9 Å². The molecule has 2 aliphatic rings. The molecule has 3 rings (SSSR count). The maximum Gasteiger partial charge on any atom is 0.355 e. The average Bonchev–Trinajstić information content (AvgIpc) is 2.95. The minimum Gasteiger partial charge on any atom is -0.464 e. The monoisotopic (exact) mass is 365 g/mol. The number of esters is 1. The first-order valence-electron chi connectivity index (χ1n) is 6.47. The summed E-state index contributed by atoms with van der Waals surface area (Å²) < 4.78 is 5.46. The van der Waals surface area contributed by atoms with Gasteiger partial charge in [0.2, 0.25) is 5.91 Å². The summed E-state index contributed by atoms with van der Waals surface area (Å²) in [5, 5.41) is 3.82. The quantitative estimate of drug-likeness (QED) is 0.619. The van der Waals surface area contributed by atoms with Crippen LogP contribution in [0.2, 0.25) is 0 Å². The van der Waals surface area contributed by atoms with Crippen molar-refractivity contribution >= 4 is 45.1 Å². The summed E-state index contributed by atoms with van der Waals surface area (Å²) in [6.07, 6.45) is 0. The summed E-state index contributed by atoms with van der Waals surface area (Å²) in [7, 11) is 1.20. The molecule has 2 amide bonds. The molecule has 2 aliphatic heterocycles. The Balaban J connectivity index is 2.03. The maximum absolute atomic E-state index is 12.7. The molecule has 1 aromatic rings. The van der Waals surface area contributed by atoms with E-state index in [2.05, 4.69) is 31.2 Å². The number of imide groups is 1. The minimum absolute atomic E-state index is 0.0806. The summed E-state index contributed by atoms with van der Waals surface area (Å²) in [6, 6.07) is 6.77. The predicted molar refractivity (Wildman–Crippen MR) is 81.1 cm³/mol. The second-order valence-corrected chi connectivity index (χ2v) is 6.11. The zero-order valence-electron chi connectivity index (χ0n) is 11.8. The highest BCUT2D eigenvalue weighted by Crippen LogP contribution is 2.38. The largest absolute Gasteiger partial charge is 0.464 e. The highest BCUT2D eigenvalue weighted by molar-refractivity contribution is 9.10. The van der Waals surface area contributed by atoms with Crippen LogP contribution in [-0.4, -0.2) is 36.1 Å². The smallest absolute Gasteiger partial charge is 0.355 e. The summed E-state index contributed by atoms with van der Waals surface area (Å²) in [6.45, 7) is 1.55. The Morgan fingerprint density at radius 3 is 2.59 bits per heavy atom. The molecular formula is C14H12BrN3O4. The molecule has 0 bridgehead atoms. The van der Waals surface area contributed by atoms with Gasteiger partial charge in [0.25, 0.3) is 5.91 Å². The zero-order valence-corrected chi connectivity index (χ0v) is 13.4. The van der Waals surface area contributed by atoms with Crippen LogP contribution in [0.25, 0.3) is 0 Å². The van der Waals surface area contributed by atoms with E-state index in [0.717, 1.165) is 9.37 Å². The first-order chi connectivity index (χ1) is 10.4. The van der Waals surface area contributed by atoms with Crippen molar-refractivity contribution in [2.45, 2.75) is 12.5 Å². The zero-order chi connectivity index (χ0) is 16.1. The summed E-state index contributed by atoms with van der Waals surface area (Å²) in [4.78, 5) is 38.2. The number of ether oxygens (including phenoxy) is 1. The molecule has 1 unspecified atom stereocenters. The number of hydrazone groups is 1. The molecule has 1 fully saturated rings. The lowest BCUT2D eigenvalue weighted by Gasteiger charge is -2.20. The molecule has 1 saturated heterocycles. The highest BCUT2D eigenvalue weighted by Gasteiger charge is 2.63. The van der Waals surface area contributed by atoms with E-state index < -0.39 is 29.2 Å². The Morgan fingerprint density at radius 2 is 2.00 bits per heavy atom. The number of hydrogen-bond acceptors (Lipinski definition) is 6. The van der Waals surface area contributed by atoms with Gasteiger partial charge in [-0.1, -0.05) is 15.9 Å². The molecule has 1 N–H and O–H groups in total. The molecule has 22 heavy (non-hydrogen) atoms. The number of anilines is 1. The Labute approximate surface area is 134 Å². The Morgan fingerprint density at radius 1 is 1.36 bits per heavy atom. The fourth-order valence-electron chi connectivity index (χ4n) is 2.68. The van der Waals surface area contributed by atoms with Crippen molar-refractivity contribution in [2.75, 3.05) is 12.0 Å². The third-order valence-electron chi connectivity index (χ3n) is 3.85. The van der Waals surface area contributed by atoms with E-state index in [9.17, 15) is 14.4 Å². The second-order valence-electron chi connectivity index (χ2n) is 5.19. The molecule has 7 nitrogen and oxygen atoms in total. The molecule has 0 aliphatic carbocycles. The van der Waals surface area contributed by atoms with Crippen molar-refractivity contribution in [2.24, 2.45) is 11.0 Å². The third-order valence-corrected chi connectivity index (χ3v) is 4.38. The molecule has 1 aromatic carbocycles. The van der Waals surface area contributed by atoms with Crippen molar-refractivity contribution in [1.29, 1.82) is 0 Å². The second kappa shape index (κ2) is 4.91. The molecular weight excluding hydrogens is 354 g/mol. The summed E-state index contributed by atoms with van der Waals surface area (Å²) >= 11 is 3.30. The molecule has 2 heterocycles.